The first-order valence-corrected chi connectivity index (χ1v) is 15.7. The molecule has 13 heteroatoms. The highest BCUT2D eigenvalue weighted by Crippen LogP contribution is 2.47. The number of likely N-dealkylation sites (N-methyl/N-ethyl adjacent to an activating group) is 1. The number of rotatable bonds is 8. The number of anilines is 2. The van der Waals surface area contributed by atoms with Gasteiger partial charge in [-0.05, 0) is 75.2 Å². The molecule has 4 aliphatic rings. The molecule has 1 aliphatic carbocycles. The number of dihydropyridines is 1. The number of carbonyl (C=O) groups excluding carboxylic acids is 3. The maximum absolute atomic E-state index is 15.0. The molecular formula is C33H39F2N7O4. The second-order valence-electron chi connectivity index (χ2n) is 12.3. The van der Waals surface area contributed by atoms with Gasteiger partial charge in [0.1, 0.15) is 34.4 Å². The van der Waals surface area contributed by atoms with Crippen LogP contribution in [-0.2, 0) is 9.59 Å². The Morgan fingerprint density at radius 3 is 2.26 bits per heavy atom. The molecule has 0 atom stereocenters. The Morgan fingerprint density at radius 2 is 1.59 bits per heavy atom. The van der Waals surface area contributed by atoms with Gasteiger partial charge in [-0.3, -0.25) is 19.8 Å². The van der Waals surface area contributed by atoms with Crippen LogP contribution in [0.2, 0.25) is 0 Å². The number of likely N-dealkylation sites (tertiary alicyclic amines) is 1. The molecule has 3 heterocycles. The van der Waals surface area contributed by atoms with Gasteiger partial charge in [-0.1, -0.05) is 0 Å². The second kappa shape index (κ2) is 13.5. The number of piperidine rings is 1. The number of allylic oxidation sites excluding steroid dienone is 1. The Labute approximate surface area is 266 Å². The van der Waals surface area contributed by atoms with E-state index in [1.165, 1.54) is 36.4 Å². The van der Waals surface area contributed by atoms with Gasteiger partial charge in [0.15, 0.2) is 0 Å². The van der Waals surface area contributed by atoms with Crippen molar-refractivity contribution in [3.05, 3.63) is 77.8 Å². The van der Waals surface area contributed by atoms with E-state index >= 15 is 4.39 Å². The zero-order chi connectivity index (χ0) is 32.3. The third-order valence-electron chi connectivity index (χ3n) is 9.08. The summed E-state index contributed by atoms with van der Waals surface area (Å²) in [6.07, 6.45) is 5.94. The van der Waals surface area contributed by atoms with Crippen molar-refractivity contribution in [2.45, 2.75) is 31.7 Å². The van der Waals surface area contributed by atoms with E-state index in [4.69, 9.17) is 4.74 Å². The molecule has 2 aromatic carbocycles. The molecule has 0 radical (unpaired) electrons. The lowest BCUT2D eigenvalue weighted by Crippen LogP contribution is -2.54. The molecule has 0 unspecified atom stereocenters. The van der Waals surface area contributed by atoms with Crippen LogP contribution in [0.5, 0.6) is 5.75 Å². The van der Waals surface area contributed by atoms with Gasteiger partial charge < -0.3 is 30.5 Å². The number of urea groups is 1. The van der Waals surface area contributed by atoms with Crippen LogP contribution in [0.1, 0.15) is 25.7 Å². The average molecular weight is 636 g/mol. The standard InChI is InChI=1S/C33H39F2N7O4/c1-40-16-18-41(19-17-40)24-9-14-42(15-10-24)32(45)39-29-21-26(8-13-36-29)46-25-6-7-28(27(35)20-25)38-31(44)33(11-12-33)30(43)37-23-4-2-22(34)3-5-23/h2-8,20-21,24,36H,9-19H2,1H3,(H,37,43)(H,38,44)(H,39,45). The normalized spacial score (nSPS) is 20.1. The molecule has 3 aliphatic heterocycles. The number of halogens is 2. The molecule has 0 bridgehead atoms. The Hall–Kier alpha value is -4.49. The number of nitrogens with one attached hydrogen (secondary N) is 4. The predicted molar refractivity (Wildman–Crippen MR) is 169 cm³/mol. The number of hydrogen-bond acceptors (Lipinski definition) is 7. The highest BCUT2D eigenvalue weighted by molar-refractivity contribution is 6.16. The first kappa shape index (κ1) is 31.5. The molecule has 46 heavy (non-hydrogen) atoms. The number of piperazine rings is 1. The number of carbonyl (C=O) groups is 3. The Morgan fingerprint density at radius 1 is 0.891 bits per heavy atom. The van der Waals surface area contributed by atoms with E-state index in [0.717, 1.165) is 45.1 Å². The molecule has 1 saturated carbocycles. The molecule has 11 nitrogen and oxygen atoms in total. The lowest BCUT2D eigenvalue weighted by Gasteiger charge is -2.42. The average Bonchev–Trinajstić information content (AvgIpc) is 3.87. The van der Waals surface area contributed by atoms with Crippen molar-refractivity contribution in [3.63, 3.8) is 0 Å². The number of benzene rings is 2. The fourth-order valence-electron chi connectivity index (χ4n) is 5.99. The van der Waals surface area contributed by atoms with Crippen LogP contribution >= 0.6 is 0 Å². The van der Waals surface area contributed by atoms with Gasteiger partial charge in [-0.2, -0.15) is 0 Å². The summed E-state index contributed by atoms with van der Waals surface area (Å²) >= 11 is 0. The predicted octanol–water partition coefficient (Wildman–Crippen LogP) is 3.45. The van der Waals surface area contributed by atoms with Gasteiger partial charge in [0.25, 0.3) is 0 Å². The summed E-state index contributed by atoms with van der Waals surface area (Å²) in [5.41, 5.74) is -1.04. The first-order chi connectivity index (χ1) is 22.2. The van der Waals surface area contributed by atoms with E-state index in [-0.39, 0.29) is 17.5 Å². The van der Waals surface area contributed by atoms with E-state index in [1.807, 2.05) is 4.90 Å². The lowest BCUT2D eigenvalue weighted by molar-refractivity contribution is -0.131. The first-order valence-electron chi connectivity index (χ1n) is 15.7. The summed E-state index contributed by atoms with van der Waals surface area (Å²) in [7, 11) is 2.15. The summed E-state index contributed by atoms with van der Waals surface area (Å²) in [5, 5.41) is 11.2. The van der Waals surface area contributed by atoms with Crippen molar-refractivity contribution in [3.8, 4) is 5.75 Å². The van der Waals surface area contributed by atoms with Crippen molar-refractivity contribution in [2.75, 3.05) is 63.5 Å². The van der Waals surface area contributed by atoms with Crippen molar-refractivity contribution in [2.24, 2.45) is 5.41 Å². The molecule has 244 valence electrons. The van der Waals surface area contributed by atoms with E-state index in [1.54, 1.807) is 12.2 Å². The highest BCUT2D eigenvalue weighted by Gasteiger charge is 2.56. The minimum Gasteiger partial charge on any atom is -0.457 e. The monoisotopic (exact) mass is 635 g/mol. The molecule has 4 N–H and O–H groups in total. The summed E-state index contributed by atoms with van der Waals surface area (Å²) in [4.78, 5) is 45.5. The number of ether oxygens (including phenoxy) is 1. The third-order valence-corrected chi connectivity index (χ3v) is 9.08. The Balaban J connectivity index is 0.992. The molecular weight excluding hydrogens is 596 g/mol. The van der Waals surface area contributed by atoms with Crippen LogP contribution in [0.3, 0.4) is 0 Å². The number of nitrogens with zero attached hydrogens (tertiary/aromatic N) is 3. The van der Waals surface area contributed by atoms with Crippen LogP contribution in [-0.4, -0.2) is 91.4 Å². The van der Waals surface area contributed by atoms with Gasteiger partial charge >= 0.3 is 6.03 Å². The van der Waals surface area contributed by atoms with E-state index in [0.29, 0.717) is 55.8 Å². The SMILES string of the molecule is CN1CCN(C2CCN(C(=O)NC3=CC(Oc4ccc(NC(=O)C5(C(=O)Nc6ccc(F)cc6)CC5)c(F)c4)=CCN3)CC2)CC1. The maximum atomic E-state index is 15.0. The zero-order valence-electron chi connectivity index (χ0n) is 25.8. The second-order valence-corrected chi connectivity index (χ2v) is 12.3. The van der Waals surface area contributed by atoms with E-state index in [9.17, 15) is 18.8 Å². The van der Waals surface area contributed by atoms with Crippen molar-refractivity contribution in [1.82, 2.24) is 25.3 Å². The van der Waals surface area contributed by atoms with Gasteiger partial charge in [0.2, 0.25) is 11.8 Å². The fourth-order valence-corrected chi connectivity index (χ4v) is 5.99. The topological polar surface area (TPSA) is 118 Å². The van der Waals surface area contributed by atoms with Gasteiger partial charge in [0, 0.05) is 69.7 Å². The van der Waals surface area contributed by atoms with Crippen LogP contribution < -0.4 is 26.0 Å². The highest BCUT2D eigenvalue weighted by atomic mass is 19.1. The largest absolute Gasteiger partial charge is 0.457 e. The van der Waals surface area contributed by atoms with E-state index in [2.05, 4.69) is 38.1 Å². The summed E-state index contributed by atoms with van der Waals surface area (Å²) < 4.78 is 34.1. The number of hydrogen-bond donors (Lipinski definition) is 4. The number of amides is 4. The fraction of sp³-hybridized carbons (Fsp3) is 0.424. The van der Waals surface area contributed by atoms with Gasteiger partial charge in [0.05, 0.1) is 5.69 Å². The Bertz CT molecular complexity index is 1530. The van der Waals surface area contributed by atoms with Crippen LogP contribution in [0.25, 0.3) is 0 Å². The minimum absolute atomic E-state index is 0.0858. The molecule has 6 rings (SSSR count). The quantitative estimate of drug-likeness (QED) is 0.329. The molecule has 2 saturated heterocycles. The minimum atomic E-state index is -1.32. The molecule has 4 amide bonds. The van der Waals surface area contributed by atoms with Crippen molar-refractivity contribution in [1.29, 1.82) is 0 Å². The molecule has 2 aromatic rings. The zero-order valence-corrected chi connectivity index (χ0v) is 25.8. The molecule has 3 fully saturated rings. The Kier molecular flexibility index (Phi) is 9.22. The van der Waals surface area contributed by atoms with Gasteiger partial charge in [-0.15, -0.1) is 0 Å². The molecule has 0 spiro atoms. The summed E-state index contributed by atoms with van der Waals surface area (Å²) in [5.74, 6) is -1.20. The van der Waals surface area contributed by atoms with Crippen LogP contribution in [0, 0.1) is 17.0 Å². The van der Waals surface area contributed by atoms with Crippen molar-refractivity contribution >= 4 is 29.2 Å². The maximum Gasteiger partial charge on any atom is 0.322 e. The van der Waals surface area contributed by atoms with Crippen molar-refractivity contribution < 1.29 is 27.9 Å². The van der Waals surface area contributed by atoms with Crippen LogP contribution in [0.15, 0.2) is 66.2 Å². The summed E-state index contributed by atoms with van der Waals surface area (Å²) in [6.45, 7) is 6.09. The smallest absolute Gasteiger partial charge is 0.322 e. The lowest BCUT2D eigenvalue weighted by atomic mass is 10.0. The van der Waals surface area contributed by atoms with Gasteiger partial charge in [-0.25, -0.2) is 13.6 Å². The third kappa shape index (κ3) is 7.31. The van der Waals surface area contributed by atoms with E-state index < -0.39 is 28.9 Å². The molecule has 0 aromatic heterocycles. The summed E-state index contributed by atoms with van der Waals surface area (Å²) in [6, 6.07) is 9.59. The van der Waals surface area contributed by atoms with Crippen LogP contribution in [0.4, 0.5) is 25.0 Å².